The third kappa shape index (κ3) is 30.3. The van der Waals surface area contributed by atoms with Crippen molar-refractivity contribution >= 4 is 23.6 Å². The van der Waals surface area contributed by atoms with Crippen LogP contribution in [0.25, 0.3) is 0 Å². The zero-order valence-corrected chi connectivity index (χ0v) is 45.9. The molecule has 0 spiro atoms. The number of methoxy groups -OCH3 is 1. The number of hydroxylamine groups is 2. The molecular formula is C57H107NO14. The Labute approximate surface area is 436 Å². The number of hydrogen-bond acceptors (Lipinski definition) is 14. The third-order valence-corrected chi connectivity index (χ3v) is 14.6. The molecule has 0 saturated carbocycles. The van der Waals surface area contributed by atoms with E-state index >= 15 is 0 Å². The number of nitrogens with zero attached hydrogens (tertiary/aromatic N) is 1. The molecule has 0 radical (unpaired) electrons. The van der Waals surface area contributed by atoms with Gasteiger partial charge in [-0.05, 0) is 19.8 Å². The summed E-state index contributed by atoms with van der Waals surface area (Å²) >= 11 is 0. The van der Waals surface area contributed by atoms with Gasteiger partial charge < -0.3 is 54.5 Å². The zero-order chi connectivity index (χ0) is 53.2. The van der Waals surface area contributed by atoms with Crippen molar-refractivity contribution in [2.75, 3.05) is 20.3 Å². The lowest BCUT2D eigenvalue weighted by Crippen LogP contribution is -2.63. The molecule has 0 bridgehead atoms. The highest BCUT2D eigenvalue weighted by Crippen LogP contribution is 2.31. The first-order chi connectivity index (χ1) is 34.8. The highest BCUT2D eigenvalue weighted by atomic mass is 16.8. The normalized spacial score (nSPS) is 19.7. The van der Waals surface area contributed by atoms with Gasteiger partial charge in [-0.25, -0.2) is 9.59 Å². The third-order valence-electron chi connectivity index (χ3n) is 14.6. The molecule has 1 saturated heterocycles. The molecule has 1 aliphatic heterocycles. The minimum Gasteiger partial charge on any atom is -0.451 e. The molecule has 8 atom stereocenters. The molecule has 0 aromatic carbocycles. The Kier molecular flexibility index (Phi) is 41.4. The molecule has 1 rings (SSSR count). The van der Waals surface area contributed by atoms with Crippen molar-refractivity contribution in [3.8, 4) is 0 Å². The number of rotatable bonds is 48. The quantitative estimate of drug-likeness (QED) is 0.0246. The van der Waals surface area contributed by atoms with Crippen molar-refractivity contribution in [1.29, 1.82) is 0 Å². The van der Waals surface area contributed by atoms with Crippen molar-refractivity contribution in [3.63, 3.8) is 0 Å². The van der Waals surface area contributed by atoms with Gasteiger partial charge in [0.15, 0.2) is 17.7 Å². The van der Waals surface area contributed by atoms with Crippen molar-refractivity contribution < 1.29 is 68.9 Å². The molecule has 15 heteroatoms. The summed E-state index contributed by atoms with van der Waals surface area (Å²) in [5.74, 6) is -2.04. The van der Waals surface area contributed by atoms with Gasteiger partial charge in [-0.3, -0.25) is 4.79 Å². The van der Waals surface area contributed by atoms with Gasteiger partial charge >= 0.3 is 12.1 Å². The van der Waals surface area contributed by atoms with Gasteiger partial charge in [0, 0.05) is 12.8 Å². The van der Waals surface area contributed by atoms with Crippen LogP contribution in [0.3, 0.4) is 0 Å². The second kappa shape index (κ2) is 43.9. The number of unbranched alkanes of at least 4 members (excludes halogenated alkanes) is 33. The SMILES string of the molecule is CCCCCCCCCCCCCCCCCCCCCCCCCC(=O)[C@@](O)(CCCCCCCCCCCCCC)[C@@H](O)[C@H](CO[C@H]1O[C@H](CO)[C@H](O)[C@H](O)[C@H]1O)N(OC(=O)CCC(C)=O)C(=O)OC. The number of aliphatic hydroxyl groups excluding tert-OH is 5. The predicted octanol–water partition coefficient (Wildman–Crippen LogP) is 11.2. The average Bonchev–Trinajstić information content (AvgIpc) is 3.37. The highest BCUT2D eigenvalue weighted by Gasteiger charge is 2.51. The van der Waals surface area contributed by atoms with E-state index in [1.54, 1.807) is 0 Å². The Balaban J connectivity index is 2.89. The lowest BCUT2D eigenvalue weighted by Gasteiger charge is -2.42. The van der Waals surface area contributed by atoms with Gasteiger partial charge in [-0.2, -0.15) is 0 Å². The fraction of sp³-hybridized carbons (Fsp3) is 0.930. The largest absolute Gasteiger partial charge is 0.451 e. The van der Waals surface area contributed by atoms with Gasteiger partial charge in [-0.1, -0.05) is 232 Å². The lowest BCUT2D eigenvalue weighted by atomic mass is 9.80. The molecule has 1 heterocycles. The maximum Gasteiger partial charge on any atom is 0.443 e. The average molecular weight is 1030 g/mol. The number of carbonyl (C=O) groups is 4. The van der Waals surface area contributed by atoms with Gasteiger partial charge in [-0.15, -0.1) is 5.06 Å². The standard InChI is InChI=1S/C57H107NO14/c1-5-7-9-11-13-15-17-19-20-21-22-23-24-25-26-27-28-29-30-32-34-36-38-40-49(61)57(68,43-39-37-35-33-31-18-16-14-12-10-8-6-2)54(66)47(58(56(67)69-4)72-50(62)42-41-46(3)60)45-70-55-53(65)52(64)51(63)48(44-59)71-55/h47-48,51-55,59,63-66,68H,5-45H2,1-4H3/t47-,48+,51-,52-,53+,54-,55-,57-/m0/s1. The van der Waals surface area contributed by atoms with Crippen LogP contribution in [-0.2, 0) is 33.4 Å². The summed E-state index contributed by atoms with van der Waals surface area (Å²) in [4.78, 5) is 57.6. The van der Waals surface area contributed by atoms with Crippen LogP contribution in [0.1, 0.15) is 271 Å². The summed E-state index contributed by atoms with van der Waals surface area (Å²) in [6, 6.07) is -1.85. The first kappa shape index (κ1) is 67.8. The van der Waals surface area contributed by atoms with Crippen LogP contribution in [0.4, 0.5) is 4.79 Å². The number of hydrogen-bond donors (Lipinski definition) is 6. The number of ketones is 2. The molecule has 0 unspecified atom stereocenters. The van der Waals surface area contributed by atoms with Crippen LogP contribution in [-0.4, -0.2) is 128 Å². The molecule has 0 aliphatic carbocycles. The highest BCUT2D eigenvalue weighted by molar-refractivity contribution is 5.88. The van der Waals surface area contributed by atoms with Crippen LogP contribution < -0.4 is 0 Å². The Bertz CT molecular complexity index is 1350. The minimum absolute atomic E-state index is 0.0675. The van der Waals surface area contributed by atoms with E-state index in [9.17, 15) is 49.8 Å². The Morgan fingerprint density at radius 3 is 1.32 bits per heavy atom. The molecule has 15 nitrogen and oxygen atoms in total. The number of Topliss-reactive ketones (excluding diaryl/α,β-unsaturated/α-hetero) is 2. The van der Waals surface area contributed by atoms with Crippen molar-refractivity contribution in [2.24, 2.45) is 0 Å². The molecular weight excluding hydrogens is 923 g/mol. The fourth-order valence-corrected chi connectivity index (χ4v) is 9.74. The summed E-state index contributed by atoms with van der Waals surface area (Å²) in [5.41, 5.74) is -2.47. The van der Waals surface area contributed by atoms with Gasteiger partial charge in [0.2, 0.25) is 0 Å². The number of ether oxygens (including phenoxy) is 3. The van der Waals surface area contributed by atoms with Crippen LogP contribution in [0.5, 0.6) is 0 Å². The van der Waals surface area contributed by atoms with E-state index in [4.69, 9.17) is 19.0 Å². The molecule has 0 aromatic heterocycles. The van der Waals surface area contributed by atoms with E-state index in [1.807, 2.05) is 0 Å². The van der Waals surface area contributed by atoms with E-state index in [1.165, 1.54) is 161 Å². The van der Waals surface area contributed by atoms with Crippen LogP contribution in [0, 0.1) is 0 Å². The molecule has 72 heavy (non-hydrogen) atoms. The van der Waals surface area contributed by atoms with E-state index in [0.717, 1.165) is 58.5 Å². The van der Waals surface area contributed by atoms with Crippen LogP contribution >= 0.6 is 0 Å². The first-order valence-electron chi connectivity index (χ1n) is 29.2. The summed E-state index contributed by atoms with van der Waals surface area (Å²) in [7, 11) is 0.992. The Hall–Kier alpha value is -2.24. The van der Waals surface area contributed by atoms with Crippen LogP contribution in [0.15, 0.2) is 0 Å². The second-order valence-corrected chi connectivity index (χ2v) is 21.0. The van der Waals surface area contributed by atoms with Crippen molar-refractivity contribution in [2.45, 2.75) is 320 Å². The summed E-state index contributed by atoms with van der Waals surface area (Å²) in [5, 5.41) is 66.2. The lowest BCUT2D eigenvalue weighted by molar-refractivity contribution is -0.309. The zero-order valence-electron chi connectivity index (χ0n) is 45.9. The molecule has 1 amide bonds. The number of amides is 1. The van der Waals surface area contributed by atoms with Crippen molar-refractivity contribution in [1.82, 2.24) is 5.06 Å². The molecule has 0 aromatic rings. The van der Waals surface area contributed by atoms with E-state index in [2.05, 4.69) is 13.8 Å². The summed E-state index contributed by atoms with van der Waals surface area (Å²) in [6.45, 7) is 4.14. The number of carbonyl (C=O) groups excluding carboxylic acids is 4. The van der Waals surface area contributed by atoms with Gasteiger partial charge in [0.05, 0.1) is 26.7 Å². The minimum atomic E-state index is -2.47. The molecule has 1 fully saturated rings. The van der Waals surface area contributed by atoms with E-state index in [-0.39, 0.29) is 25.0 Å². The second-order valence-electron chi connectivity index (χ2n) is 21.0. The molecule has 1 aliphatic rings. The monoisotopic (exact) mass is 1030 g/mol. The van der Waals surface area contributed by atoms with E-state index in [0.29, 0.717) is 24.3 Å². The fourth-order valence-electron chi connectivity index (χ4n) is 9.74. The maximum atomic E-state index is 14.3. The number of aliphatic hydroxyl groups is 6. The van der Waals surface area contributed by atoms with Crippen molar-refractivity contribution in [3.05, 3.63) is 0 Å². The smallest absolute Gasteiger partial charge is 0.443 e. The summed E-state index contributed by atoms with van der Waals surface area (Å²) in [6.07, 6.45) is 28.0. The molecule has 424 valence electrons. The first-order valence-corrected chi connectivity index (χ1v) is 29.2. The maximum absolute atomic E-state index is 14.3. The van der Waals surface area contributed by atoms with Gasteiger partial charge in [0.1, 0.15) is 42.3 Å². The Morgan fingerprint density at radius 1 is 0.556 bits per heavy atom. The van der Waals surface area contributed by atoms with Gasteiger partial charge in [0.25, 0.3) is 0 Å². The van der Waals surface area contributed by atoms with Crippen LogP contribution in [0.2, 0.25) is 0 Å². The predicted molar refractivity (Wildman–Crippen MR) is 282 cm³/mol. The summed E-state index contributed by atoms with van der Waals surface area (Å²) < 4.78 is 16.1. The Morgan fingerprint density at radius 2 is 0.944 bits per heavy atom. The van der Waals surface area contributed by atoms with E-state index < -0.39 is 85.9 Å². The topological polar surface area (TPSA) is 230 Å². The molecule has 6 N–H and O–H groups in total.